The van der Waals surface area contributed by atoms with E-state index in [-0.39, 0.29) is 0 Å². The minimum atomic E-state index is 0.362. The Morgan fingerprint density at radius 2 is 1.60 bits per heavy atom. The van der Waals surface area contributed by atoms with E-state index in [1.807, 2.05) is 0 Å². The van der Waals surface area contributed by atoms with Crippen molar-refractivity contribution in [1.82, 2.24) is 0 Å². The second-order valence-corrected chi connectivity index (χ2v) is 6.03. The Morgan fingerprint density at radius 1 is 1.07 bits per heavy atom. The highest BCUT2D eigenvalue weighted by Crippen LogP contribution is 2.41. The molecule has 2 rings (SSSR count). The summed E-state index contributed by atoms with van der Waals surface area (Å²) in [6, 6.07) is 9.30. The lowest BCUT2D eigenvalue weighted by molar-refractivity contribution is 0.339. The maximum atomic E-state index is 2.33. The van der Waals surface area contributed by atoms with Crippen LogP contribution in [0.25, 0.3) is 0 Å². The molecule has 1 aromatic rings. The Morgan fingerprint density at radius 3 is 2.00 bits per heavy atom. The lowest BCUT2D eigenvalue weighted by Gasteiger charge is -2.27. The van der Waals surface area contributed by atoms with E-state index in [0.717, 1.165) is 5.92 Å². The van der Waals surface area contributed by atoms with E-state index in [0.29, 0.717) is 11.3 Å². The Labute approximate surface area is 93.7 Å². The molecule has 0 amide bonds. The molecule has 0 radical (unpaired) electrons. The van der Waals surface area contributed by atoms with Gasteiger partial charge in [0, 0.05) is 0 Å². The monoisotopic (exact) mass is 202 g/mol. The Kier molecular flexibility index (Phi) is 2.62. The maximum Gasteiger partial charge on any atom is -0.0142 e. The van der Waals surface area contributed by atoms with Crippen LogP contribution in [0.15, 0.2) is 24.3 Å². The first-order valence-corrected chi connectivity index (χ1v) is 6.08. The Balaban J connectivity index is 2.15. The minimum Gasteiger partial charge on any atom is -0.0596 e. The summed E-state index contributed by atoms with van der Waals surface area (Å²) in [7, 11) is 0. The molecule has 0 unspecified atom stereocenters. The molecule has 1 atom stereocenters. The quantitative estimate of drug-likeness (QED) is 0.651. The van der Waals surface area contributed by atoms with Gasteiger partial charge in [0.25, 0.3) is 0 Å². The SMILES string of the molecule is C[C@@H](c1ccc(C2CC2)cc1)C(C)(C)C. The van der Waals surface area contributed by atoms with Gasteiger partial charge in [-0.2, -0.15) is 0 Å². The second-order valence-electron chi connectivity index (χ2n) is 6.03. The summed E-state index contributed by atoms with van der Waals surface area (Å²) in [5.41, 5.74) is 3.38. The molecule has 1 aromatic carbocycles. The molecule has 0 nitrogen and oxygen atoms in total. The summed E-state index contributed by atoms with van der Waals surface area (Å²) in [6.07, 6.45) is 2.79. The van der Waals surface area contributed by atoms with Crippen LogP contribution in [0.4, 0.5) is 0 Å². The van der Waals surface area contributed by atoms with Gasteiger partial charge in [0.1, 0.15) is 0 Å². The second kappa shape index (κ2) is 3.66. The minimum absolute atomic E-state index is 0.362. The van der Waals surface area contributed by atoms with E-state index in [1.165, 1.54) is 18.4 Å². The summed E-state index contributed by atoms with van der Waals surface area (Å²) >= 11 is 0. The van der Waals surface area contributed by atoms with Crippen LogP contribution in [0.3, 0.4) is 0 Å². The molecular weight excluding hydrogens is 180 g/mol. The van der Waals surface area contributed by atoms with E-state index >= 15 is 0 Å². The van der Waals surface area contributed by atoms with Crippen LogP contribution in [0.2, 0.25) is 0 Å². The number of hydrogen-bond donors (Lipinski definition) is 0. The van der Waals surface area contributed by atoms with Crippen molar-refractivity contribution in [2.45, 2.75) is 52.4 Å². The average molecular weight is 202 g/mol. The molecular formula is C15H22. The van der Waals surface area contributed by atoms with Crippen molar-refractivity contribution in [2.24, 2.45) is 5.41 Å². The molecule has 0 aliphatic heterocycles. The molecule has 0 bridgehead atoms. The van der Waals surface area contributed by atoms with Gasteiger partial charge in [-0.3, -0.25) is 0 Å². The van der Waals surface area contributed by atoms with Crippen molar-refractivity contribution in [1.29, 1.82) is 0 Å². The number of hydrogen-bond acceptors (Lipinski definition) is 0. The largest absolute Gasteiger partial charge is 0.0596 e. The van der Waals surface area contributed by atoms with Crippen LogP contribution in [-0.4, -0.2) is 0 Å². The lowest BCUT2D eigenvalue weighted by atomic mass is 9.78. The van der Waals surface area contributed by atoms with E-state index in [1.54, 1.807) is 5.56 Å². The van der Waals surface area contributed by atoms with E-state index in [9.17, 15) is 0 Å². The van der Waals surface area contributed by atoms with Crippen molar-refractivity contribution in [3.8, 4) is 0 Å². The van der Waals surface area contributed by atoms with Gasteiger partial charge in [-0.25, -0.2) is 0 Å². The lowest BCUT2D eigenvalue weighted by Crippen LogP contribution is -2.15. The summed E-state index contributed by atoms with van der Waals surface area (Å²) < 4.78 is 0. The van der Waals surface area contributed by atoms with Crippen LogP contribution >= 0.6 is 0 Å². The third kappa shape index (κ3) is 2.42. The van der Waals surface area contributed by atoms with Crippen molar-refractivity contribution in [2.75, 3.05) is 0 Å². The van der Waals surface area contributed by atoms with Crippen molar-refractivity contribution >= 4 is 0 Å². The zero-order valence-electron chi connectivity index (χ0n) is 10.4. The summed E-state index contributed by atoms with van der Waals surface area (Å²) in [5.74, 6) is 1.51. The van der Waals surface area contributed by atoms with Crippen molar-refractivity contribution < 1.29 is 0 Å². The van der Waals surface area contributed by atoms with E-state index in [4.69, 9.17) is 0 Å². The fourth-order valence-corrected chi connectivity index (χ4v) is 1.97. The van der Waals surface area contributed by atoms with Gasteiger partial charge in [0.05, 0.1) is 0 Å². The Bertz CT molecular complexity index is 322. The fourth-order valence-electron chi connectivity index (χ4n) is 1.97. The smallest absolute Gasteiger partial charge is 0.0142 e. The highest BCUT2D eigenvalue weighted by atomic mass is 14.3. The van der Waals surface area contributed by atoms with Crippen molar-refractivity contribution in [3.63, 3.8) is 0 Å². The molecule has 0 heterocycles. The summed E-state index contributed by atoms with van der Waals surface area (Å²) in [6.45, 7) is 9.26. The normalized spacial score (nSPS) is 18.9. The van der Waals surface area contributed by atoms with Gasteiger partial charge in [0.15, 0.2) is 0 Å². The average Bonchev–Trinajstić information content (AvgIpc) is 2.99. The van der Waals surface area contributed by atoms with Gasteiger partial charge < -0.3 is 0 Å². The molecule has 1 aliphatic rings. The highest BCUT2D eigenvalue weighted by Gasteiger charge is 2.25. The molecule has 0 saturated heterocycles. The first-order valence-electron chi connectivity index (χ1n) is 6.08. The Hall–Kier alpha value is -0.780. The summed E-state index contributed by atoms with van der Waals surface area (Å²) in [4.78, 5) is 0. The number of rotatable bonds is 2. The third-order valence-electron chi connectivity index (χ3n) is 3.78. The van der Waals surface area contributed by atoms with Crippen molar-refractivity contribution in [3.05, 3.63) is 35.4 Å². The van der Waals surface area contributed by atoms with E-state index < -0.39 is 0 Å². The van der Waals surface area contributed by atoms with E-state index in [2.05, 4.69) is 52.0 Å². The summed E-state index contributed by atoms with van der Waals surface area (Å²) in [5, 5.41) is 0. The molecule has 0 N–H and O–H groups in total. The predicted octanol–water partition coefficient (Wildman–Crippen LogP) is 4.71. The first kappa shape index (κ1) is 10.7. The van der Waals surface area contributed by atoms with Crippen LogP contribution in [-0.2, 0) is 0 Å². The molecule has 1 fully saturated rings. The number of benzene rings is 1. The first-order chi connectivity index (χ1) is 6.98. The van der Waals surface area contributed by atoms with Gasteiger partial charge in [-0.1, -0.05) is 52.0 Å². The standard InChI is InChI=1S/C15H22/c1-11(15(2,3)4)12-5-7-13(8-6-12)14-9-10-14/h5-8,11,14H,9-10H2,1-4H3/t11-/m0/s1. The van der Waals surface area contributed by atoms with Gasteiger partial charge in [-0.05, 0) is 41.2 Å². The highest BCUT2D eigenvalue weighted by molar-refractivity contribution is 5.30. The molecule has 82 valence electrons. The predicted molar refractivity (Wildman–Crippen MR) is 66.3 cm³/mol. The van der Waals surface area contributed by atoms with Gasteiger partial charge in [0.2, 0.25) is 0 Å². The van der Waals surface area contributed by atoms with Gasteiger partial charge in [-0.15, -0.1) is 0 Å². The molecule has 1 aliphatic carbocycles. The molecule has 0 spiro atoms. The molecule has 1 saturated carbocycles. The third-order valence-corrected chi connectivity index (χ3v) is 3.78. The topological polar surface area (TPSA) is 0 Å². The fraction of sp³-hybridized carbons (Fsp3) is 0.600. The van der Waals surface area contributed by atoms with Gasteiger partial charge >= 0.3 is 0 Å². The van der Waals surface area contributed by atoms with Crippen LogP contribution in [0.1, 0.15) is 63.5 Å². The molecule has 0 aromatic heterocycles. The van der Waals surface area contributed by atoms with Crippen LogP contribution in [0, 0.1) is 5.41 Å². The van der Waals surface area contributed by atoms with Crippen LogP contribution < -0.4 is 0 Å². The van der Waals surface area contributed by atoms with Crippen LogP contribution in [0.5, 0.6) is 0 Å². The maximum absolute atomic E-state index is 2.33. The zero-order valence-corrected chi connectivity index (χ0v) is 10.4. The zero-order chi connectivity index (χ0) is 11.1. The molecule has 15 heavy (non-hydrogen) atoms. The molecule has 0 heteroatoms.